The molecular formula is C28H31N3O2. The van der Waals surface area contributed by atoms with Crippen molar-refractivity contribution < 1.29 is 9.59 Å². The summed E-state index contributed by atoms with van der Waals surface area (Å²) < 4.78 is 0. The van der Waals surface area contributed by atoms with E-state index < -0.39 is 0 Å². The summed E-state index contributed by atoms with van der Waals surface area (Å²) in [5, 5.41) is 5.12. The minimum atomic E-state index is -0.198. The van der Waals surface area contributed by atoms with Gasteiger partial charge >= 0.3 is 0 Å². The predicted octanol–water partition coefficient (Wildman–Crippen LogP) is 5.24. The molecule has 2 aliphatic heterocycles. The Morgan fingerprint density at radius 2 is 1.70 bits per heavy atom. The molecule has 33 heavy (non-hydrogen) atoms. The van der Waals surface area contributed by atoms with Crippen LogP contribution in [-0.4, -0.2) is 42.9 Å². The third kappa shape index (κ3) is 4.45. The molecule has 170 valence electrons. The first-order valence-corrected chi connectivity index (χ1v) is 12.0. The van der Waals surface area contributed by atoms with Crippen molar-refractivity contribution in [3.8, 4) is 0 Å². The molecule has 0 saturated carbocycles. The summed E-state index contributed by atoms with van der Waals surface area (Å²) in [6.07, 6.45) is 4.12. The Hall–Kier alpha value is -3.34. The van der Waals surface area contributed by atoms with Gasteiger partial charge in [0.25, 0.3) is 5.91 Å². The summed E-state index contributed by atoms with van der Waals surface area (Å²) in [6, 6.07) is 20.0. The largest absolute Gasteiger partial charge is 0.371 e. The quantitative estimate of drug-likeness (QED) is 0.602. The van der Waals surface area contributed by atoms with Gasteiger partial charge in [-0.2, -0.15) is 0 Å². The topological polar surface area (TPSA) is 52.7 Å². The summed E-state index contributed by atoms with van der Waals surface area (Å²) in [5.41, 5.74) is 3.99. The number of carbonyl (C=O) groups excluding carboxylic acids is 2. The van der Waals surface area contributed by atoms with Crippen molar-refractivity contribution in [3.63, 3.8) is 0 Å². The van der Waals surface area contributed by atoms with E-state index in [0.717, 1.165) is 42.4 Å². The fraction of sp³-hybridized carbons (Fsp3) is 0.357. The van der Waals surface area contributed by atoms with Gasteiger partial charge in [0.15, 0.2) is 0 Å². The van der Waals surface area contributed by atoms with Crippen molar-refractivity contribution in [1.82, 2.24) is 4.90 Å². The molecule has 0 spiro atoms. The maximum atomic E-state index is 13.3. The van der Waals surface area contributed by atoms with Gasteiger partial charge in [0.2, 0.25) is 5.91 Å². The lowest BCUT2D eigenvalue weighted by molar-refractivity contribution is -0.121. The highest BCUT2D eigenvalue weighted by molar-refractivity contribution is 6.07. The van der Waals surface area contributed by atoms with Gasteiger partial charge in [0.05, 0.1) is 5.92 Å². The van der Waals surface area contributed by atoms with E-state index in [2.05, 4.69) is 29.3 Å². The van der Waals surface area contributed by atoms with Crippen LogP contribution in [0.1, 0.15) is 41.6 Å². The molecule has 2 saturated heterocycles. The molecule has 5 heteroatoms. The van der Waals surface area contributed by atoms with Gasteiger partial charge in [-0.3, -0.25) is 9.59 Å². The SMILES string of the molecule is Cc1cc(NC(=O)C2CCCN(C(=O)c3cccc4ccccc34)C2)ccc1N1CCCC1. The summed E-state index contributed by atoms with van der Waals surface area (Å²) in [4.78, 5) is 30.7. The summed E-state index contributed by atoms with van der Waals surface area (Å²) in [7, 11) is 0. The third-order valence-electron chi connectivity index (χ3n) is 7.01. The smallest absolute Gasteiger partial charge is 0.254 e. The lowest BCUT2D eigenvalue weighted by Gasteiger charge is -2.32. The van der Waals surface area contributed by atoms with Crippen LogP contribution in [0.2, 0.25) is 0 Å². The summed E-state index contributed by atoms with van der Waals surface area (Å²) in [5.74, 6) is -0.190. The maximum absolute atomic E-state index is 13.3. The Kier molecular flexibility index (Phi) is 6.03. The highest BCUT2D eigenvalue weighted by Crippen LogP contribution is 2.28. The van der Waals surface area contributed by atoms with E-state index in [1.807, 2.05) is 53.4 Å². The van der Waals surface area contributed by atoms with Crippen LogP contribution in [0, 0.1) is 12.8 Å². The number of likely N-dealkylation sites (tertiary alicyclic amines) is 1. The van der Waals surface area contributed by atoms with E-state index in [4.69, 9.17) is 0 Å². The Morgan fingerprint density at radius 3 is 2.52 bits per heavy atom. The number of hydrogen-bond acceptors (Lipinski definition) is 3. The molecule has 1 unspecified atom stereocenters. The van der Waals surface area contributed by atoms with Crippen molar-refractivity contribution >= 4 is 34.0 Å². The maximum Gasteiger partial charge on any atom is 0.254 e. The van der Waals surface area contributed by atoms with Crippen LogP contribution in [0.3, 0.4) is 0 Å². The minimum Gasteiger partial charge on any atom is -0.371 e. The molecule has 2 amide bonds. The number of carbonyl (C=O) groups is 2. The molecule has 0 aromatic heterocycles. The highest BCUT2D eigenvalue weighted by Gasteiger charge is 2.29. The number of piperidine rings is 1. The van der Waals surface area contributed by atoms with E-state index in [1.165, 1.54) is 24.1 Å². The van der Waals surface area contributed by atoms with Crippen LogP contribution in [-0.2, 0) is 4.79 Å². The number of amides is 2. The molecule has 0 bridgehead atoms. The molecule has 5 rings (SSSR count). The number of hydrogen-bond donors (Lipinski definition) is 1. The monoisotopic (exact) mass is 441 g/mol. The molecule has 2 aliphatic rings. The van der Waals surface area contributed by atoms with E-state index in [0.29, 0.717) is 18.7 Å². The van der Waals surface area contributed by atoms with Gasteiger partial charge in [-0.1, -0.05) is 36.4 Å². The fourth-order valence-electron chi connectivity index (χ4n) is 5.25. The van der Waals surface area contributed by atoms with Crippen LogP contribution in [0.5, 0.6) is 0 Å². The van der Waals surface area contributed by atoms with Crippen LogP contribution in [0.25, 0.3) is 10.8 Å². The van der Waals surface area contributed by atoms with Crippen molar-refractivity contribution in [2.75, 3.05) is 36.4 Å². The van der Waals surface area contributed by atoms with E-state index in [-0.39, 0.29) is 17.7 Å². The number of nitrogens with one attached hydrogen (secondary N) is 1. The van der Waals surface area contributed by atoms with Crippen LogP contribution >= 0.6 is 0 Å². The number of aryl methyl sites for hydroxylation is 1. The second-order valence-corrected chi connectivity index (χ2v) is 9.30. The Labute approximate surface area is 195 Å². The number of nitrogens with zero attached hydrogens (tertiary/aromatic N) is 2. The number of benzene rings is 3. The van der Waals surface area contributed by atoms with Crippen LogP contribution in [0.15, 0.2) is 60.7 Å². The average Bonchev–Trinajstić information content (AvgIpc) is 3.38. The first-order chi connectivity index (χ1) is 16.1. The Bertz CT molecular complexity index is 1180. The molecule has 1 atom stereocenters. The molecule has 2 heterocycles. The summed E-state index contributed by atoms with van der Waals surface area (Å²) >= 11 is 0. The first-order valence-electron chi connectivity index (χ1n) is 12.0. The molecule has 5 nitrogen and oxygen atoms in total. The fourth-order valence-corrected chi connectivity index (χ4v) is 5.25. The second kappa shape index (κ2) is 9.26. The van der Waals surface area contributed by atoms with E-state index >= 15 is 0 Å². The van der Waals surface area contributed by atoms with Gasteiger partial charge in [-0.25, -0.2) is 0 Å². The molecule has 0 radical (unpaired) electrons. The van der Waals surface area contributed by atoms with Gasteiger partial charge in [0.1, 0.15) is 0 Å². The molecule has 0 aliphatic carbocycles. The summed E-state index contributed by atoms with van der Waals surface area (Å²) in [6.45, 7) is 5.47. The van der Waals surface area contributed by atoms with Crippen molar-refractivity contribution in [1.29, 1.82) is 0 Å². The molecule has 1 N–H and O–H groups in total. The van der Waals surface area contributed by atoms with E-state index in [1.54, 1.807) is 0 Å². The molecular weight excluding hydrogens is 410 g/mol. The van der Waals surface area contributed by atoms with Crippen molar-refractivity contribution in [3.05, 3.63) is 71.8 Å². The standard InChI is InChI=1S/C28H31N3O2/c1-20-18-23(13-14-26(20)30-15-4-5-16-30)29-27(32)22-10-7-17-31(19-22)28(33)25-12-6-9-21-8-2-3-11-24(21)25/h2-3,6,8-9,11-14,18,22H,4-5,7,10,15-17,19H2,1H3,(H,29,32). The van der Waals surface area contributed by atoms with Crippen LogP contribution < -0.4 is 10.2 Å². The molecule has 2 fully saturated rings. The van der Waals surface area contributed by atoms with Gasteiger partial charge < -0.3 is 15.1 Å². The van der Waals surface area contributed by atoms with Gasteiger partial charge in [-0.15, -0.1) is 0 Å². The second-order valence-electron chi connectivity index (χ2n) is 9.30. The zero-order valence-corrected chi connectivity index (χ0v) is 19.2. The normalized spacial score (nSPS) is 18.5. The number of anilines is 2. The molecule has 3 aromatic rings. The van der Waals surface area contributed by atoms with Crippen LogP contribution in [0.4, 0.5) is 11.4 Å². The highest BCUT2D eigenvalue weighted by atomic mass is 16.2. The number of fused-ring (bicyclic) bond motifs is 1. The van der Waals surface area contributed by atoms with Gasteiger partial charge in [0, 0.05) is 43.1 Å². The van der Waals surface area contributed by atoms with Gasteiger partial charge in [-0.05, 0) is 73.2 Å². The average molecular weight is 442 g/mol. The Morgan fingerprint density at radius 1 is 0.909 bits per heavy atom. The zero-order chi connectivity index (χ0) is 22.8. The Balaban J connectivity index is 1.27. The lowest BCUT2D eigenvalue weighted by Crippen LogP contribution is -2.43. The van der Waals surface area contributed by atoms with Crippen molar-refractivity contribution in [2.24, 2.45) is 5.92 Å². The molecule has 3 aromatic carbocycles. The predicted molar refractivity (Wildman–Crippen MR) is 134 cm³/mol. The first kappa shape index (κ1) is 21.5. The lowest BCUT2D eigenvalue weighted by atomic mass is 9.95. The van der Waals surface area contributed by atoms with Crippen molar-refractivity contribution in [2.45, 2.75) is 32.6 Å². The number of rotatable bonds is 4. The third-order valence-corrected chi connectivity index (χ3v) is 7.01. The van der Waals surface area contributed by atoms with E-state index in [9.17, 15) is 9.59 Å². The minimum absolute atomic E-state index is 0.00116. The zero-order valence-electron chi connectivity index (χ0n) is 19.2.